The molecule has 0 unspecified atom stereocenters. The average Bonchev–Trinajstić information content (AvgIpc) is 2.29. The molecule has 2 nitrogen and oxygen atoms in total. The Kier molecular flexibility index (Phi) is 4.34. The summed E-state index contributed by atoms with van der Waals surface area (Å²) in [5.41, 5.74) is 7.43. The summed E-state index contributed by atoms with van der Waals surface area (Å²) in [6.07, 6.45) is 0. The van der Waals surface area contributed by atoms with E-state index in [0.717, 1.165) is 3.57 Å². The number of halogens is 4. The summed E-state index contributed by atoms with van der Waals surface area (Å²) in [7, 11) is 0. The Hall–Kier alpha value is -0.530. The zero-order chi connectivity index (χ0) is 13.3. The fourth-order valence-electron chi connectivity index (χ4n) is 1.41. The number of nitrogens with two attached hydrogens (primary N) is 1. The highest BCUT2D eigenvalue weighted by atomic mass is 127. The second-order valence-electron chi connectivity index (χ2n) is 3.60. The Balaban J connectivity index is 2.37. The maximum absolute atomic E-state index is 13.4. The van der Waals surface area contributed by atoms with Crippen molar-refractivity contribution in [3.63, 3.8) is 0 Å². The minimum absolute atomic E-state index is 0.333. The highest BCUT2D eigenvalue weighted by Crippen LogP contribution is 2.32. The average molecular weight is 441 g/mol. The Morgan fingerprint density at radius 2 is 1.94 bits per heavy atom. The predicted molar refractivity (Wildman–Crippen MR) is 86.0 cm³/mol. The minimum atomic E-state index is -0.381. The molecule has 0 radical (unpaired) electrons. The standard InChI is InChI=1S/C12H8BrClFIN2/c13-7-4-10(17)12(5-9(7)15)18-11-2-1-6(16)3-8(11)14/h1-5,18H,17H2. The van der Waals surface area contributed by atoms with Crippen molar-refractivity contribution < 1.29 is 4.39 Å². The molecule has 0 fully saturated rings. The van der Waals surface area contributed by atoms with E-state index in [1.807, 2.05) is 18.2 Å². The smallest absolute Gasteiger partial charge is 0.139 e. The Labute approximate surface area is 131 Å². The van der Waals surface area contributed by atoms with Crippen molar-refractivity contribution >= 4 is 67.2 Å². The van der Waals surface area contributed by atoms with Gasteiger partial charge in [0.1, 0.15) is 5.82 Å². The van der Waals surface area contributed by atoms with Gasteiger partial charge in [0.2, 0.25) is 0 Å². The Bertz CT molecular complexity index is 607. The van der Waals surface area contributed by atoms with Gasteiger partial charge in [-0.25, -0.2) is 4.39 Å². The number of nitrogens with one attached hydrogen (secondary N) is 1. The topological polar surface area (TPSA) is 38.0 Å². The van der Waals surface area contributed by atoms with Gasteiger partial charge in [-0.05, 0) is 62.8 Å². The number of nitrogen functional groups attached to an aromatic ring is 1. The van der Waals surface area contributed by atoms with Crippen LogP contribution in [0.3, 0.4) is 0 Å². The largest absolute Gasteiger partial charge is 0.397 e. The van der Waals surface area contributed by atoms with Crippen LogP contribution in [-0.4, -0.2) is 0 Å². The summed E-state index contributed by atoms with van der Waals surface area (Å²) in [4.78, 5) is 0. The third-order valence-corrected chi connectivity index (χ3v) is 3.88. The molecule has 2 aromatic carbocycles. The lowest BCUT2D eigenvalue weighted by Crippen LogP contribution is -1.98. The monoisotopic (exact) mass is 440 g/mol. The molecule has 0 saturated heterocycles. The van der Waals surface area contributed by atoms with E-state index in [0.29, 0.717) is 26.6 Å². The van der Waals surface area contributed by atoms with Gasteiger partial charge in [-0.3, -0.25) is 0 Å². The molecule has 0 saturated carbocycles. The first-order chi connectivity index (χ1) is 8.47. The quantitative estimate of drug-likeness (QED) is 0.498. The Morgan fingerprint density at radius 3 is 2.61 bits per heavy atom. The van der Waals surface area contributed by atoms with Crippen LogP contribution >= 0.6 is 50.1 Å². The van der Waals surface area contributed by atoms with Gasteiger partial charge in [0.15, 0.2) is 0 Å². The molecule has 2 rings (SSSR count). The summed E-state index contributed by atoms with van der Waals surface area (Å²) in [5, 5.41) is 3.57. The van der Waals surface area contributed by atoms with E-state index in [-0.39, 0.29) is 5.82 Å². The van der Waals surface area contributed by atoms with E-state index in [4.69, 9.17) is 17.3 Å². The molecule has 0 aromatic heterocycles. The zero-order valence-electron chi connectivity index (χ0n) is 8.98. The summed E-state index contributed by atoms with van der Waals surface area (Å²) >= 11 is 11.3. The molecule has 0 aliphatic heterocycles. The summed E-state index contributed by atoms with van der Waals surface area (Å²) < 4.78 is 14.8. The van der Waals surface area contributed by atoms with Crippen LogP contribution in [0.25, 0.3) is 0 Å². The van der Waals surface area contributed by atoms with Crippen LogP contribution in [0, 0.1) is 9.39 Å². The zero-order valence-corrected chi connectivity index (χ0v) is 13.5. The van der Waals surface area contributed by atoms with Crippen molar-refractivity contribution in [2.75, 3.05) is 11.1 Å². The highest BCUT2D eigenvalue weighted by molar-refractivity contribution is 14.1. The maximum Gasteiger partial charge on any atom is 0.139 e. The molecule has 0 aliphatic carbocycles. The third kappa shape index (κ3) is 3.07. The molecule has 0 bridgehead atoms. The van der Waals surface area contributed by atoms with Crippen LogP contribution in [0.1, 0.15) is 0 Å². The van der Waals surface area contributed by atoms with E-state index in [1.54, 1.807) is 0 Å². The first kappa shape index (κ1) is 13.9. The van der Waals surface area contributed by atoms with Crippen LogP contribution in [0.15, 0.2) is 34.8 Å². The van der Waals surface area contributed by atoms with Crippen LogP contribution < -0.4 is 11.1 Å². The molecule has 3 N–H and O–H groups in total. The lowest BCUT2D eigenvalue weighted by atomic mass is 10.2. The fraction of sp³-hybridized carbons (Fsp3) is 0. The van der Waals surface area contributed by atoms with Crippen molar-refractivity contribution in [2.24, 2.45) is 0 Å². The highest BCUT2D eigenvalue weighted by Gasteiger charge is 2.08. The van der Waals surface area contributed by atoms with Crippen molar-refractivity contribution in [3.8, 4) is 0 Å². The fourth-order valence-corrected chi connectivity index (χ4v) is 2.67. The van der Waals surface area contributed by atoms with Crippen LogP contribution in [0.4, 0.5) is 21.5 Å². The summed E-state index contributed by atoms with van der Waals surface area (Å²) in [6, 6.07) is 8.38. The van der Waals surface area contributed by atoms with Gasteiger partial charge in [-0.2, -0.15) is 0 Å². The third-order valence-electron chi connectivity index (χ3n) is 2.29. The van der Waals surface area contributed by atoms with E-state index in [9.17, 15) is 4.39 Å². The number of hydrogen-bond donors (Lipinski definition) is 2. The lowest BCUT2D eigenvalue weighted by molar-refractivity contribution is 0.622. The second-order valence-corrected chi connectivity index (χ2v) is 6.11. The van der Waals surface area contributed by atoms with Gasteiger partial charge in [0.05, 0.1) is 26.6 Å². The van der Waals surface area contributed by atoms with Crippen molar-refractivity contribution in [1.82, 2.24) is 0 Å². The maximum atomic E-state index is 13.4. The van der Waals surface area contributed by atoms with Gasteiger partial charge in [0.25, 0.3) is 0 Å². The van der Waals surface area contributed by atoms with Gasteiger partial charge < -0.3 is 11.1 Å². The van der Waals surface area contributed by atoms with Gasteiger partial charge >= 0.3 is 0 Å². The molecule has 0 atom stereocenters. The predicted octanol–water partition coefficient (Wildman–Crippen LogP) is 5.17. The molecule has 94 valence electrons. The number of anilines is 3. The van der Waals surface area contributed by atoms with Crippen LogP contribution in [0.5, 0.6) is 0 Å². The molecule has 6 heteroatoms. The van der Waals surface area contributed by atoms with Gasteiger partial charge in [0, 0.05) is 9.64 Å². The van der Waals surface area contributed by atoms with E-state index in [1.165, 1.54) is 12.1 Å². The summed E-state index contributed by atoms with van der Waals surface area (Å²) in [5.74, 6) is -0.381. The van der Waals surface area contributed by atoms with Gasteiger partial charge in [-0.1, -0.05) is 11.6 Å². The van der Waals surface area contributed by atoms with E-state index in [2.05, 4.69) is 43.8 Å². The first-order valence-corrected chi connectivity index (χ1v) is 7.19. The molecule has 0 amide bonds. The van der Waals surface area contributed by atoms with Crippen LogP contribution in [0.2, 0.25) is 5.02 Å². The number of benzene rings is 2. The minimum Gasteiger partial charge on any atom is -0.397 e. The van der Waals surface area contributed by atoms with Crippen molar-refractivity contribution in [3.05, 3.63) is 49.2 Å². The summed E-state index contributed by atoms with van der Waals surface area (Å²) in [6.45, 7) is 0. The first-order valence-electron chi connectivity index (χ1n) is 4.94. The lowest BCUT2D eigenvalue weighted by Gasteiger charge is -2.12. The molecule has 0 heterocycles. The van der Waals surface area contributed by atoms with E-state index < -0.39 is 0 Å². The van der Waals surface area contributed by atoms with Crippen molar-refractivity contribution in [2.45, 2.75) is 0 Å². The van der Waals surface area contributed by atoms with Crippen LogP contribution in [-0.2, 0) is 0 Å². The number of hydrogen-bond acceptors (Lipinski definition) is 2. The molecular formula is C12H8BrClFIN2. The Morgan fingerprint density at radius 1 is 1.22 bits per heavy atom. The second kappa shape index (κ2) is 5.63. The molecule has 2 aromatic rings. The molecule has 18 heavy (non-hydrogen) atoms. The van der Waals surface area contributed by atoms with Gasteiger partial charge in [-0.15, -0.1) is 0 Å². The SMILES string of the molecule is Nc1cc(Br)c(F)cc1Nc1ccc(I)cc1Cl. The molecular weight excluding hydrogens is 433 g/mol. The normalized spacial score (nSPS) is 10.4. The van der Waals surface area contributed by atoms with E-state index >= 15 is 0 Å². The molecule has 0 aliphatic rings. The van der Waals surface area contributed by atoms with Crippen molar-refractivity contribution in [1.29, 1.82) is 0 Å². The number of rotatable bonds is 2. The molecule has 0 spiro atoms.